The van der Waals surface area contributed by atoms with E-state index in [0.717, 1.165) is 38.5 Å². The number of piperazine rings is 1. The number of rotatable bonds is 6. The van der Waals surface area contributed by atoms with Crippen molar-refractivity contribution in [2.24, 2.45) is 0 Å². The molecule has 1 aliphatic heterocycles. The molecule has 1 aromatic rings. The van der Waals surface area contributed by atoms with E-state index in [9.17, 15) is 4.79 Å². The Kier molecular flexibility index (Phi) is 5.76. The maximum atomic E-state index is 11.6. The quantitative estimate of drug-likeness (QED) is 0.839. The van der Waals surface area contributed by atoms with Gasteiger partial charge >= 0.3 is 0 Å². The van der Waals surface area contributed by atoms with Crippen molar-refractivity contribution in [1.82, 2.24) is 24.7 Å². The van der Waals surface area contributed by atoms with E-state index in [1.807, 2.05) is 19.3 Å². The number of imidazole rings is 1. The van der Waals surface area contributed by atoms with Gasteiger partial charge in [-0.1, -0.05) is 0 Å². The Morgan fingerprint density at radius 1 is 1.29 bits per heavy atom. The summed E-state index contributed by atoms with van der Waals surface area (Å²) in [6.45, 7) is 12.3. The van der Waals surface area contributed by atoms with Crippen molar-refractivity contribution in [3.63, 3.8) is 0 Å². The largest absolute Gasteiger partial charge is 0.355 e. The molecule has 0 atom stereocenters. The molecule has 0 radical (unpaired) electrons. The number of nitrogens with one attached hydrogen (secondary N) is 1. The Bertz CT molecular complexity index is 449. The van der Waals surface area contributed by atoms with Gasteiger partial charge in [0.2, 0.25) is 5.91 Å². The highest BCUT2D eigenvalue weighted by Crippen LogP contribution is 2.12. The summed E-state index contributed by atoms with van der Waals surface area (Å²) < 4.78 is 2.22. The molecule has 0 saturated carbocycles. The molecule has 0 bridgehead atoms. The highest BCUT2D eigenvalue weighted by atomic mass is 16.2. The molecule has 0 spiro atoms. The molecule has 0 aromatic carbocycles. The van der Waals surface area contributed by atoms with Crippen molar-refractivity contribution in [2.45, 2.75) is 33.4 Å². The minimum Gasteiger partial charge on any atom is -0.355 e. The van der Waals surface area contributed by atoms with E-state index in [1.54, 1.807) is 0 Å². The van der Waals surface area contributed by atoms with Gasteiger partial charge in [0.15, 0.2) is 0 Å². The summed E-state index contributed by atoms with van der Waals surface area (Å²) in [5, 5.41) is 2.85. The summed E-state index contributed by atoms with van der Waals surface area (Å²) in [6.07, 6.45) is 3.92. The Labute approximate surface area is 127 Å². The fourth-order valence-corrected chi connectivity index (χ4v) is 2.70. The minimum atomic E-state index is 0.126. The second-order valence-corrected chi connectivity index (χ2v) is 5.85. The number of aromatic nitrogens is 2. The average Bonchev–Trinajstić information content (AvgIpc) is 2.89. The number of nitrogens with zero attached hydrogens (tertiary/aromatic N) is 4. The van der Waals surface area contributed by atoms with Gasteiger partial charge in [0.05, 0.1) is 13.1 Å². The summed E-state index contributed by atoms with van der Waals surface area (Å²) in [7, 11) is 0. The third kappa shape index (κ3) is 4.54. The van der Waals surface area contributed by atoms with Crippen LogP contribution in [0.25, 0.3) is 0 Å². The fraction of sp³-hybridized carbons (Fsp3) is 0.733. The average molecular weight is 293 g/mol. The first-order chi connectivity index (χ1) is 10.1. The van der Waals surface area contributed by atoms with Gasteiger partial charge in [-0.05, 0) is 20.8 Å². The van der Waals surface area contributed by atoms with Gasteiger partial charge in [-0.2, -0.15) is 0 Å². The van der Waals surface area contributed by atoms with Crippen molar-refractivity contribution in [1.29, 1.82) is 0 Å². The van der Waals surface area contributed by atoms with E-state index in [0.29, 0.717) is 19.1 Å². The van der Waals surface area contributed by atoms with Crippen LogP contribution < -0.4 is 5.32 Å². The summed E-state index contributed by atoms with van der Waals surface area (Å²) in [5.74, 6) is 1.25. The molecule has 1 amide bonds. The third-order valence-electron chi connectivity index (χ3n) is 3.88. The van der Waals surface area contributed by atoms with Gasteiger partial charge in [-0.25, -0.2) is 4.98 Å². The van der Waals surface area contributed by atoms with Gasteiger partial charge in [-0.15, -0.1) is 0 Å². The van der Waals surface area contributed by atoms with Crippen LogP contribution in [0.5, 0.6) is 0 Å². The molecular formula is C15H27N5O. The van der Waals surface area contributed by atoms with Crippen LogP contribution in [0.15, 0.2) is 12.4 Å². The minimum absolute atomic E-state index is 0.126. The van der Waals surface area contributed by atoms with Crippen LogP contribution in [-0.4, -0.2) is 64.5 Å². The van der Waals surface area contributed by atoms with E-state index >= 15 is 0 Å². The zero-order valence-electron chi connectivity index (χ0n) is 13.4. The summed E-state index contributed by atoms with van der Waals surface area (Å²) >= 11 is 0. The summed E-state index contributed by atoms with van der Waals surface area (Å²) in [6, 6.07) is 0.446. The van der Waals surface area contributed by atoms with Crippen LogP contribution in [0.2, 0.25) is 0 Å². The summed E-state index contributed by atoms with van der Waals surface area (Å²) in [4.78, 5) is 20.7. The molecule has 118 valence electrons. The number of amides is 1. The lowest BCUT2D eigenvalue weighted by Crippen LogP contribution is -2.49. The van der Waals surface area contributed by atoms with Gasteiger partial charge in [0, 0.05) is 51.2 Å². The zero-order chi connectivity index (χ0) is 15.2. The molecule has 1 fully saturated rings. The third-order valence-corrected chi connectivity index (χ3v) is 3.88. The Morgan fingerprint density at radius 3 is 2.57 bits per heavy atom. The van der Waals surface area contributed by atoms with E-state index < -0.39 is 0 Å². The first kappa shape index (κ1) is 16.0. The number of likely N-dealkylation sites (N-methyl/N-ethyl adjacent to an activating group) is 1. The molecule has 1 N–H and O–H groups in total. The van der Waals surface area contributed by atoms with Crippen LogP contribution >= 0.6 is 0 Å². The van der Waals surface area contributed by atoms with Crippen LogP contribution in [0.4, 0.5) is 0 Å². The van der Waals surface area contributed by atoms with Crippen molar-refractivity contribution in [2.75, 3.05) is 39.3 Å². The van der Waals surface area contributed by atoms with E-state index in [2.05, 4.69) is 38.5 Å². The van der Waals surface area contributed by atoms with E-state index in [1.165, 1.54) is 0 Å². The van der Waals surface area contributed by atoms with Gasteiger partial charge < -0.3 is 9.88 Å². The normalized spacial score (nSPS) is 17.3. The highest BCUT2D eigenvalue weighted by molar-refractivity contribution is 5.77. The molecule has 1 aromatic heterocycles. The van der Waals surface area contributed by atoms with Crippen LogP contribution in [0.3, 0.4) is 0 Å². The lowest BCUT2D eigenvalue weighted by molar-refractivity contribution is -0.122. The Morgan fingerprint density at radius 2 is 1.95 bits per heavy atom. The molecule has 2 rings (SSSR count). The topological polar surface area (TPSA) is 53.4 Å². The number of carbonyl (C=O) groups excluding carboxylic acids is 1. The molecule has 6 nitrogen and oxygen atoms in total. The van der Waals surface area contributed by atoms with Crippen LogP contribution in [0, 0.1) is 0 Å². The predicted octanol–water partition coefficient (Wildman–Crippen LogP) is 0.718. The van der Waals surface area contributed by atoms with Gasteiger partial charge in [-0.3, -0.25) is 14.6 Å². The van der Waals surface area contributed by atoms with Crippen molar-refractivity contribution >= 4 is 5.91 Å². The lowest BCUT2D eigenvalue weighted by atomic mass is 10.3. The molecule has 1 saturated heterocycles. The zero-order valence-corrected chi connectivity index (χ0v) is 13.4. The van der Waals surface area contributed by atoms with Gasteiger partial charge in [0.25, 0.3) is 0 Å². The Balaban J connectivity index is 1.79. The lowest BCUT2D eigenvalue weighted by Gasteiger charge is -2.34. The standard InChI is InChI=1S/C15H27N5O/c1-4-16-15(21)12-19-9-7-18(8-10-19)11-14-17-5-6-20(14)13(2)3/h5-6,13H,4,7-12H2,1-3H3,(H,16,21). The summed E-state index contributed by atoms with van der Waals surface area (Å²) in [5.41, 5.74) is 0. The second-order valence-electron chi connectivity index (χ2n) is 5.85. The highest BCUT2D eigenvalue weighted by Gasteiger charge is 2.20. The first-order valence-electron chi connectivity index (χ1n) is 7.83. The van der Waals surface area contributed by atoms with E-state index in [-0.39, 0.29) is 5.91 Å². The Hall–Kier alpha value is -1.40. The van der Waals surface area contributed by atoms with Crippen molar-refractivity contribution in [3.05, 3.63) is 18.2 Å². The molecular weight excluding hydrogens is 266 g/mol. The molecule has 1 aliphatic rings. The molecule has 21 heavy (non-hydrogen) atoms. The second kappa shape index (κ2) is 7.56. The number of carbonyl (C=O) groups is 1. The smallest absolute Gasteiger partial charge is 0.234 e. The first-order valence-corrected chi connectivity index (χ1v) is 7.83. The molecule has 0 aliphatic carbocycles. The maximum absolute atomic E-state index is 11.6. The van der Waals surface area contributed by atoms with Crippen LogP contribution in [-0.2, 0) is 11.3 Å². The SMILES string of the molecule is CCNC(=O)CN1CCN(Cc2nccn2C(C)C)CC1. The molecule has 0 unspecified atom stereocenters. The number of hydrogen-bond donors (Lipinski definition) is 1. The van der Waals surface area contributed by atoms with Crippen LogP contribution in [0.1, 0.15) is 32.6 Å². The monoisotopic (exact) mass is 293 g/mol. The van der Waals surface area contributed by atoms with Crippen molar-refractivity contribution < 1.29 is 4.79 Å². The molecule has 2 heterocycles. The van der Waals surface area contributed by atoms with Gasteiger partial charge in [0.1, 0.15) is 5.82 Å². The predicted molar refractivity (Wildman–Crippen MR) is 83.0 cm³/mol. The fourth-order valence-electron chi connectivity index (χ4n) is 2.70. The van der Waals surface area contributed by atoms with E-state index in [4.69, 9.17) is 0 Å². The molecule has 6 heteroatoms. The van der Waals surface area contributed by atoms with Crippen molar-refractivity contribution in [3.8, 4) is 0 Å². The maximum Gasteiger partial charge on any atom is 0.234 e. The number of hydrogen-bond acceptors (Lipinski definition) is 4.